The SMILES string of the molecule is Cc1ccc(C(C)NC(=O)c2ccc(C)c(C)c2)o1. The van der Waals surface area contributed by atoms with E-state index in [2.05, 4.69) is 5.32 Å². The van der Waals surface area contributed by atoms with Gasteiger partial charge in [-0.2, -0.15) is 0 Å². The van der Waals surface area contributed by atoms with Crippen molar-refractivity contribution in [2.24, 2.45) is 0 Å². The van der Waals surface area contributed by atoms with E-state index in [1.54, 1.807) is 0 Å². The molecule has 19 heavy (non-hydrogen) atoms. The summed E-state index contributed by atoms with van der Waals surface area (Å²) < 4.78 is 5.51. The van der Waals surface area contributed by atoms with E-state index in [0.29, 0.717) is 5.56 Å². The lowest BCUT2D eigenvalue weighted by molar-refractivity contribution is 0.0935. The van der Waals surface area contributed by atoms with Crippen LogP contribution < -0.4 is 5.32 Å². The van der Waals surface area contributed by atoms with E-state index in [-0.39, 0.29) is 11.9 Å². The van der Waals surface area contributed by atoms with Gasteiger partial charge < -0.3 is 9.73 Å². The van der Waals surface area contributed by atoms with Crippen molar-refractivity contribution in [3.63, 3.8) is 0 Å². The Morgan fingerprint density at radius 2 is 1.84 bits per heavy atom. The monoisotopic (exact) mass is 257 g/mol. The van der Waals surface area contributed by atoms with Gasteiger partial charge in [0.25, 0.3) is 5.91 Å². The van der Waals surface area contributed by atoms with Crippen LogP contribution in [0.2, 0.25) is 0 Å². The summed E-state index contributed by atoms with van der Waals surface area (Å²) in [6.45, 7) is 7.84. The number of hydrogen-bond acceptors (Lipinski definition) is 2. The third-order valence-electron chi connectivity index (χ3n) is 3.30. The quantitative estimate of drug-likeness (QED) is 0.911. The topological polar surface area (TPSA) is 42.2 Å². The summed E-state index contributed by atoms with van der Waals surface area (Å²) in [6.07, 6.45) is 0. The van der Waals surface area contributed by atoms with E-state index in [1.807, 2.05) is 58.0 Å². The maximum Gasteiger partial charge on any atom is 0.251 e. The van der Waals surface area contributed by atoms with Crippen molar-refractivity contribution in [3.8, 4) is 0 Å². The first-order valence-corrected chi connectivity index (χ1v) is 6.42. The molecule has 100 valence electrons. The summed E-state index contributed by atoms with van der Waals surface area (Å²) in [7, 11) is 0. The van der Waals surface area contributed by atoms with E-state index in [1.165, 1.54) is 5.56 Å². The third-order valence-corrected chi connectivity index (χ3v) is 3.30. The number of furan rings is 1. The fourth-order valence-corrected chi connectivity index (χ4v) is 1.92. The number of rotatable bonds is 3. The minimum Gasteiger partial charge on any atom is -0.464 e. The maximum absolute atomic E-state index is 12.1. The molecule has 3 nitrogen and oxygen atoms in total. The molecule has 1 aromatic heterocycles. The lowest BCUT2D eigenvalue weighted by Gasteiger charge is -2.12. The molecule has 0 saturated carbocycles. The zero-order valence-corrected chi connectivity index (χ0v) is 11.8. The Bertz CT molecular complexity index is 599. The number of hydrogen-bond donors (Lipinski definition) is 1. The Morgan fingerprint density at radius 1 is 1.11 bits per heavy atom. The van der Waals surface area contributed by atoms with Gasteiger partial charge >= 0.3 is 0 Å². The summed E-state index contributed by atoms with van der Waals surface area (Å²) in [6, 6.07) is 9.37. The second kappa shape index (κ2) is 5.31. The summed E-state index contributed by atoms with van der Waals surface area (Å²) in [5, 5.41) is 2.94. The molecule has 0 bridgehead atoms. The normalized spacial score (nSPS) is 12.2. The first kappa shape index (κ1) is 13.4. The summed E-state index contributed by atoms with van der Waals surface area (Å²) in [5.74, 6) is 1.54. The van der Waals surface area contributed by atoms with Crippen LogP contribution in [-0.2, 0) is 0 Å². The van der Waals surface area contributed by atoms with Crippen molar-refractivity contribution >= 4 is 5.91 Å². The van der Waals surface area contributed by atoms with Crippen LogP contribution in [0.15, 0.2) is 34.7 Å². The predicted octanol–water partition coefficient (Wildman–Crippen LogP) is 3.70. The molecular weight excluding hydrogens is 238 g/mol. The highest BCUT2D eigenvalue weighted by Gasteiger charge is 2.14. The average Bonchev–Trinajstić information content (AvgIpc) is 2.79. The Labute approximate surface area is 113 Å². The highest BCUT2D eigenvalue weighted by Crippen LogP contribution is 2.17. The standard InChI is InChI=1S/C16H19NO2/c1-10-5-7-14(9-11(10)2)16(18)17-13(4)15-8-6-12(3)19-15/h5-9,13H,1-4H3,(H,17,18). The van der Waals surface area contributed by atoms with Crippen LogP contribution in [0, 0.1) is 20.8 Å². The van der Waals surface area contributed by atoms with Crippen molar-refractivity contribution in [1.82, 2.24) is 5.32 Å². The lowest BCUT2D eigenvalue weighted by Crippen LogP contribution is -2.26. The van der Waals surface area contributed by atoms with E-state index < -0.39 is 0 Å². The Kier molecular flexibility index (Phi) is 3.74. The van der Waals surface area contributed by atoms with Gasteiger partial charge in [-0.15, -0.1) is 0 Å². The number of nitrogens with one attached hydrogen (secondary N) is 1. The molecule has 2 rings (SSSR count). The van der Waals surface area contributed by atoms with Crippen LogP contribution in [0.4, 0.5) is 0 Å². The summed E-state index contributed by atoms with van der Waals surface area (Å²) in [5.41, 5.74) is 2.98. The van der Waals surface area contributed by atoms with Gasteiger partial charge in [0.15, 0.2) is 0 Å². The number of carbonyl (C=O) groups excluding carboxylic acids is 1. The molecule has 0 radical (unpaired) electrons. The van der Waals surface area contributed by atoms with Gasteiger partial charge in [-0.05, 0) is 63.1 Å². The summed E-state index contributed by atoms with van der Waals surface area (Å²) in [4.78, 5) is 12.1. The molecule has 0 spiro atoms. The third kappa shape index (κ3) is 3.05. The second-order valence-electron chi connectivity index (χ2n) is 4.94. The molecule has 0 saturated heterocycles. The molecule has 0 aliphatic carbocycles. The zero-order chi connectivity index (χ0) is 14.0. The Morgan fingerprint density at radius 3 is 2.42 bits per heavy atom. The van der Waals surface area contributed by atoms with E-state index >= 15 is 0 Å². The van der Waals surface area contributed by atoms with Gasteiger partial charge in [0, 0.05) is 5.56 Å². The Hall–Kier alpha value is -2.03. The van der Waals surface area contributed by atoms with Crippen molar-refractivity contribution in [1.29, 1.82) is 0 Å². The highest BCUT2D eigenvalue weighted by molar-refractivity contribution is 5.94. The molecule has 2 aromatic rings. The van der Waals surface area contributed by atoms with Crippen LogP contribution in [0.5, 0.6) is 0 Å². The fraction of sp³-hybridized carbons (Fsp3) is 0.312. The van der Waals surface area contributed by atoms with Crippen molar-refractivity contribution in [3.05, 3.63) is 58.5 Å². The second-order valence-corrected chi connectivity index (χ2v) is 4.94. The van der Waals surface area contributed by atoms with E-state index in [9.17, 15) is 4.79 Å². The van der Waals surface area contributed by atoms with Crippen molar-refractivity contribution < 1.29 is 9.21 Å². The molecule has 1 atom stereocenters. The number of carbonyl (C=O) groups is 1. The largest absolute Gasteiger partial charge is 0.464 e. The van der Waals surface area contributed by atoms with Crippen LogP contribution in [0.1, 0.15) is 46.0 Å². The molecule has 1 heterocycles. The van der Waals surface area contributed by atoms with Crippen LogP contribution in [0.3, 0.4) is 0 Å². The Balaban J connectivity index is 2.10. The lowest BCUT2D eigenvalue weighted by atomic mass is 10.1. The van der Waals surface area contributed by atoms with E-state index in [4.69, 9.17) is 4.42 Å². The minimum absolute atomic E-state index is 0.0790. The first-order chi connectivity index (χ1) is 8.97. The average molecular weight is 257 g/mol. The molecule has 1 unspecified atom stereocenters. The first-order valence-electron chi connectivity index (χ1n) is 6.42. The minimum atomic E-state index is -0.136. The number of benzene rings is 1. The molecule has 0 fully saturated rings. The van der Waals surface area contributed by atoms with Crippen molar-refractivity contribution in [2.75, 3.05) is 0 Å². The van der Waals surface area contributed by atoms with E-state index in [0.717, 1.165) is 17.1 Å². The van der Waals surface area contributed by atoms with Gasteiger partial charge in [-0.3, -0.25) is 4.79 Å². The number of amides is 1. The zero-order valence-electron chi connectivity index (χ0n) is 11.8. The summed E-state index contributed by atoms with van der Waals surface area (Å²) >= 11 is 0. The molecule has 1 amide bonds. The van der Waals surface area contributed by atoms with Gasteiger partial charge in [0.2, 0.25) is 0 Å². The van der Waals surface area contributed by atoms with Crippen LogP contribution in [-0.4, -0.2) is 5.91 Å². The number of aryl methyl sites for hydroxylation is 3. The molecule has 3 heteroatoms. The molecule has 1 aromatic carbocycles. The van der Waals surface area contributed by atoms with Crippen LogP contribution >= 0.6 is 0 Å². The maximum atomic E-state index is 12.1. The smallest absolute Gasteiger partial charge is 0.251 e. The fourth-order valence-electron chi connectivity index (χ4n) is 1.92. The van der Waals surface area contributed by atoms with Gasteiger partial charge in [-0.1, -0.05) is 6.07 Å². The van der Waals surface area contributed by atoms with Crippen molar-refractivity contribution in [2.45, 2.75) is 33.7 Å². The molecular formula is C16H19NO2. The molecule has 1 N–H and O–H groups in total. The predicted molar refractivity (Wildman–Crippen MR) is 75.2 cm³/mol. The molecule has 0 aliphatic heterocycles. The highest BCUT2D eigenvalue weighted by atomic mass is 16.3. The van der Waals surface area contributed by atoms with Gasteiger partial charge in [-0.25, -0.2) is 0 Å². The van der Waals surface area contributed by atoms with Gasteiger partial charge in [0.1, 0.15) is 11.5 Å². The van der Waals surface area contributed by atoms with Crippen LogP contribution in [0.25, 0.3) is 0 Å². The van der Waals surface area contributed by atoms with Gasteiger partial charge in [0.05, 0.1) is 6.04 Å². The molecule has 0 aliphatic rings.